The first kappa shape index (κ1) is 20.5. The Morgan fingerprint density at radius 1 is 0.828 bits per heavy atom. The molecule has 0 saturated carbocycles. The Labute approximate surface area is 172 Å². The average molecular weight is 386 g/mol. The van der Waals surface area contributed by atoms with Gasteiger partial charge in [0.25, 0.3) is 0 Å². The average Bonchev–Trinajstić information content (AvgIpc) is 2.74. The van der Waals surface area contributed by atoms with Crippen LogP contribution in [0.3, 0.4) is 0 Å². The fourth-order valence-corrected chi connectivity index (χ4v) is 2.74. The number of benzene rings is 3. The van der Waals surface area contributed by atoms with Crippen LogP contribution in [0.15, 0.2) is 83.0 Å². The van der Waals surface area contributed by atoms with Gasteiger partial charge in [0, 0.05) is 0 Å². The summed E-state index contributed by atoms with van der Waals surface area (Å²) in [4.78, 5) is 12.4. The second-order valence-electron chi connectivity index (χ2n) is 7.73. The lowest BCUT2D eigenvalue weighted by Crippen LogP contribution is -2.15. The Morgan fingerprint density at radius 2 is 1.34 bits per heavy atom. The molecule has 0 N–H and O–H groups in total. The largest absolute Gasteiger partial charge is 0.423 e. The Kier molecular flexibility index (Phi) is 6.23. The third-order valence-electron chi connectivity index (χ3n) is 5.15. The van der Waals surface area contributed by atoms with Crippen molar-refractivity contribution >= 4 is 17.3 Å². The second-order valence-corrected chi connectivity index (χ2v) is 7.73. The molecule has 0 aromatic heterocycles. The molecular weight excluding hydrogens is 360 g/mol. The minimum absolute atomic E-state index is 0.103. The molecular formula is C25H26N2O2. The lowest BCUT2D eigenvalue weighted by molar-refractivity contribution is 0.0734. The van der Waals surface area contributed by atoms with Crippen LogP contribution in [0, 0.1) is 6.92 Å². The van der Waals surface area contributed by atoms with Crippen molar-refractivity contribution in [3.05, 3.63) is 89.5 Å². The molecule has 0 aliphatic heterocycles. The number of aryl methyl sites for hydroxylation is 1. The molecule has 0 heterocycles. The summed E-state index contributed by atoms with van der Waals surface area (Å²) in [5, 5.41) is 8.41. The lowest BCUT2D eigenvalue weighted by atomic mass is 9.82. The molecule has 4 nitrogen and oxygen atoms in total. The van der Waals surface area contributed by atoms with Gasteiger partial charge >= 0.3 is 5.97 Å². The summed E-state index contributed by atoms with van der Waals surface area (Å²) < 4.78 is 5.49. The topological polar surface area (TPSA) is 51.0 Å². The Hall–Kier alpha value is -3.27. The number of rotatable bonds is 6. The highest BCUT2D eigenvalue weighted by Crippen LogP contribution is 2.28. The first-order valence-electron chi connectivity index (χ1n) is 9.78. The molecule has 4 heteroatoms. The maximum atomic E-state index is 12.4. The van der Waals surface area contributed by atoms with E-state index < -0.39 is 5.97 Å². The quantitative estimate of drug-likeness (QED) is 0.253. The lowest BCUT2D eigenvalue weighted by Gasteiger charge is -2.23. The van der Waals surface area contributed by atoms with Gasteiger partial charge in [-0.15, -0.1) is 0 Å². The van der Waals surface area contributed by atoms with E-state index >= 15 is 0 Å². The summed E-state index contributed by atoms with van der Waals surface area (Å²) in [6.45, 7) is 8.59. The highest BCUT2D eigenvalue weighted by Gasteiger charge is 2.18. The van der Waals surface area contributed by atoms with Gasteiger partial charge in [0.15, 0.2) is 0 Å². The number of esters is 1. The van der Waals surface area contributed by atoms with Crippen molar-refractivity contribution in [2.45, 2.75) is 39.5 Å². The first-order valence-corrected chi connectivity index (χ1v) is 9.78. The highest BCUT2D eigenvalue weighted by molar-refractivity contribution is 5.91. The van der Waals surface area contributed by atoms with Crippen molar-refractivity contribution in [1.82, 2.24) is 0 Å². The molecule has 3 rings (SSSR count). The summed E-state index contributed by atoms with van der Waals surface area (Å²) in [5.74, 6) is 0.142. The van der Waals surface area contributed by atoms with Crippen molar-refractivity contribution in [1.29, 1.82) is 0 Å². The highest BCUT2D eigenvalue weighted by atomic mass is 16.5. The van der Waals surface area contributed by atoms with E-state index in [2.05, 4.69) is 31.0 Å². The molecule has 0 aliphatic carbocycles. The molecule has 0 saturated heterocycles. The first-order chi connectivity index (χ1) is 13.9. The van der Waals surface area contributed by atoms with E-state index in [9.17, 15) is 4.79 Å². The monoisotopic (exact) mass is 386 g/mol. The van der Waals surface area contributed by atoms with E-state index in [0.29, 0.717) is 17.0 Å². The maximum Gasteiger partial charge on any atom is 0.343 e. The van der Waals surface area contributed by atoms with Crippen molar-refractivity contribution in [2.24, 2.45) is 10.2 Å². The van der Waals surface area contributed by atoms with Crippen molar-refractivity contribution in [3.8, 4) is 5.75 Å². The fourth-order valence-electron chi connectivity index (χ4n) is 2.74. The van der Waals surface area contributed by atoms with E-state index in [1.54, 1.807) is 24.3 Å². The molecule has 0 spiro atoms. The molecule has 0 unspecified atom stereocenters. The van der Waals surface area contributed by atoms with Crippen LogP contribution in [0.4, 0.5) is 11.4 Å². The zero-order valence-corrected chi connectivity index (χ0v) is 17.3. The number of nitrogens with zero attached hydrogens (tertiary/aromatic N) is 2. The fraction of sp³-hybridized carbons (Fsp3) is 0.240. The summed E-state index contributed by atoms with van der Waals surface area (Å²) in [7, 11) is 0. The van der Waals surface area contributed by atoms with Crippen LogP contribution < -0.4 is 4.74 Å². The molecule has 0 fully saturated rings. The van der Waals surface area contributed by atoms with Gasteiger partial charge in [-0.1, -0.05) is 50.6 Å². The normalized spacial score (nSPS) is 11.6. The third-order valence-corrected chi connectivity index (χ3v) is 5.15. The Balaban J connectivity index is 1.63. The molecule has 29 heavy (non-hydrogen) atoms. The predicted molar refractivity (Wildman–Crippen MR) is 117 cm³/mol. The smallest absolute Gasteiger partial charge is 0.343 e. The number of carbonyl (C=O) groups excluding carboxylic acids is 1. The predicted octanol–water partition coefficient (Wildman–Crippen LogP) is 7.32. The van der Waals surface area contributed by atoms with Crippen LogP contribution in [0.2, 0.25) is 0 Å². The van der Waals surface area contributed by atoms with Crippen LogP contribution >= 0.6 is 0 Å². The third kappa shape index (κ3) is 5.38. The van der Waals surface area contributed by atoms with E-state index in [0.717, 1.165) is 12.1 Å². The van der Waals surface area contributed by atoms with Crippen LogP contribution in [-0.2, 0) is 5.41 Å². The van der Waals surface area contributed by atoms with Crippen molar-refractivity contribution in [2.75, 3.05) is 0 Å². The minimum atomic E-state index is -0.394. The van der Waals surface area contributed by atoms with Crippen LogP contribution in [0.25, 0.3) is 0 Å². The number of ether oxygens (including phenoxy) is 1. The zero-order chi connectivity index (χ0) is 20.9. The van der Waals surface area contributed by atoms with E-state index in [4.69, 9.17) is 4.74 Å². The van der Waals surface area contributed by atoms with Gasteiger partial charge < -0.3 is 4.74 Å². The zero-order valence-electron chi connectivity index (χ0n) is 17.3. The Morgan fingerprint density at radius 3 is 1.86 bits per heavy atom. The van der Waals surface area contributed by atoms with E-state index in [1.165, 1.54) is 11.1 Å². The van der Waals surface area contributed by atoms with Crippen LogP contribution in [0.1, 0.15) is 48.7 Å². The van der Waals surface area contributed by atoms with Crippen molar-refractivity contribution in [3.63, 3.8) is 0 Å². The summed E-state index contributed by atoms with van der Waals surface area (Å²) >= 11 is 0. The molecule has 0 aliphatic rings. The van der Waals surface area contributed by atoms with Gasteiger partial charge in [0.1, 0.15) is 5.75 Å². The minimum Gasteiger partial charge on any atom is -0.423 e. The number of carbonyl (C=O) groups is 1. The summed E-state index contributed by atoms with van der Waals surface area (Å²) in [6.07, 6.45) is 1.04. The summed E-state index contributed by atoms with van der Waals surface area (Å²) in [5.41, 5.74) is 4.43. The molecule has 148 valence electrons. The van der Waals surface area contributed by atoms with Gasteiger partial charge in [-0.2, -0.15) is 10.2 Å². The standard InChI is InChI=1S/C25H26N2O2/c1-5-25(3,4)20-10-16-23(17-11-20)29-24(28)19-8-14-22(15-9-19)27-26-21-12-6-18(2)7-13-21/h6-17H,5H2,1-4H3. The number of azo groups is 1. The number of hydrogen-bond donors (Lipinski definition) is 0. The van der Waals surface area contributed by atoms with Gasteiger partial charge in [-0.25, -0.2) is 4.79 Å². The van der Waals surface area contributed by atoms with E-state index in [-0.39, 0.29) is 5.41 Å². The molecule has 3 aromatic carbocycles. The van der Waals surface area contributed by atoms with Crippen molar-refractivity contribution < 1.29 is 9.53 Å². The van der Waals surface area contributed by atoms with Gasteiger partial charge in [-0.3, -0.25) is 0 Å². The molecule has 0 atom stereocenters. The number of hydrogen-bond acceptors (Lipinski definition) is 4. The van der Waals surface area contributed by atoms with Gasteiger partial charge in [0.2, 0.25) is 0 Å². The van der Waals surface area contributed by atoms with E-state index in [1.807, 2.05) is 55.5 Å². The molecule has 0 bridgehead atoms. The Bertz CT molecular complexity index is 987. The van der Waals surface area contributed by atoms with Crippen LogP contribution in [0.5, 0.6) is 5.75 Å². The molecule has 0 radical (unpaired) electrons. The molecule has 0 amide bonds. The van der Waals surface area contributed by atoms with Gasteiger partial charge in [-0.05, 0) is 72.9 Å². The van der Waals surface area contributed by atoms with Gasteiger partial charge in [0.05, 0.1) is 16.9 Å². The van der Waals surface area contributed by atoms with Crippen LogP contribution in [-0.4, -0.2) is 5.97 Å². The maximum absolute atomic E-state index is 12.4. The second kappa shape index (κ2) is 8.82. The SMILES string of the molecule is CCC(C)(C)c1ccc(OC(=O)c2ccc(N=Nc3ccc(C)cc3)cc2)cc1. The molecule has 3 aromatic rings. The summed E-state index contributed by atoms with van der Waals surface area (Å²) in [6, 6.07) is 22.4.